The molecule has 0 fully saturated rings. The predicted molar refractivity (Wildman–Crippen MR) is 82.5 cm³/mol. The average Bonchev–Trinajstić information content (AvgIpc) is 2.39. The highest BCUT2D eigenvalue weighted by Gasteiger charge is 1.95. The Labute approximate surface area is 119 Å². The molecule has 0 saturated carbocycles. The number of rotatable bonds is 14. The largest absolute Gasteiger partial charge is 0.481 e. The summed E-state index contributed by atoms with van der Waals surface area (Å²) in [6.45, 7) is 2.25. The summed E-state index contributed by atoms with van der Waals surface area (Å²) in [6, 6.07) is 0. The lowest BCUT2D eigenvalue weighted by Gasteiger charge is -1.98. The first kappa shape index (κ1) is 18.2. The van der Waals surface area contributed by atoms with Crippen LogP contribution in [0.4, 0.5) is 0 Å². The van der Waals surface area contributed by atoms with Crippen LogP contribution in [-0.4, -0.2) is 11.1 Å². The van der Waals surface area contributed by atoms with Crippen molar-refractivity contribution in [3.63, 3.8) is 0 Å². The molecule has 112 valence electrons. The molecular weight excluding hydrogens is 236 g/mol. The van der Waals surface area contributed by atoms with Crippen LogP contribution in [0.2, 0.25) is 0 Å². The lowest BCUT2D eigenvalue weighted by atomic mass is 10.1. The SMILES string of the molecule is CCCCCCCC=CCCCCCCCC(=O)O. The molecule has 0 amide bonds. The van der Waals surface area contributed by atoms with Gasteiger partial charge in [0.05, 0.1) is 0 Å². The van der Waals surface area contributed by atoms with Crippen LogP contribution in [0, 0.1) is 0 Å². The first-order valence-corrected chi connectivity index (χ1v) is 8.14. The van der Waals surface area contributed by atoms with E-state index in [1.54, 1.807) is 0 Å². The first-order valence-electron chi connectivity index (χ1n) is 8.14. The lowest BCUT2D eigenvalue weighted by Crippen LogP contribution is -1.93. The van der Waals surface area contributed by atoms with E-state index in [1.807, 2.05) is 0 Å². The molecule has 0 aliphatic heterocycles. The normalized spacial score (nSPS) is 11.2. The summed E-state index contributed by atoms with van der Waals surface area (Å²) in [5.41, 5.74) is 0. The van der Waals surface area contributed by atoms with Crippen molar-refractivity contribution in [2.45, 2.75) is 90.4 Å². The number of hydrogen-bond donors (Lipinski definition) is 1. The third-order valence-corrected chi connectivity index (χ3v) is 3.40. The quantitative estimate of drug-likeness (QED) is 0.323. The average molecular weight is 268 g/mol. The van der Waals surface area contributed by atoms with E-state index in [0.717, 1.165) is 12.8 Å². The summed E-state index contributed by atoms with van der Waals surface area (Å²) in [6.07, 6.45) is 19.8. The molecule has 0 unspecified atom stereocenters. The summed E-state index contributed by atoms with van der Waals surface area (Å²) in [7, 11) is 0. The molecule has 0 aliphatic rings. The van der Waals surface area contributed by atoms with E-state index in [1.165, 1.54) is 64.2 Å². The van der Waals surface area contributed by atoms with E-state index < -0.39 is 5.97 Å². The minimum Gasteiger partial charge on any atom is -0.481 e. The summed E-state index contributed by atoms with van der Waals surface area (Å²) in [4.78, 5) is 10.3. The van der Waals surface area contributed by atoms with Gasteiger partial charge in [-0.25, -0.2) is 0 Å². The van der Waals surface area contributed by atoms with Gasteiger partial charge in [-0.05, 0) is 32.1 Å². The molecule has 1 N–H and O–H groups in total. The molecule has 0 aromatic rings. The molecule has 0 aromatic heterocycles. The highest BCUT2D eigenvalue weighted by atomic mass is 16.4. The van der Waals surface area contributed by atoms with Crippen molar-refractivity contribution in [1.29, 1.82) is 0 Å². The molecule has 2 heteroatoms. The number of aliphatic carboxylic acids is 1. The Kier molecular flexibility index (Phi) is 14.6. The predicted octanol–water partition coefficient (Wildman–Crippen LogP) is 5.72. The summed E-state index contributed by atoms with van der Waals surface area (Å²) in [5.74, 6) is -0.665. The molecular formula is C17H32O2. The number of carboxylic acid groups (broad SMARTS) is 1. The number of unbranched alkanes of at least 4 members (excludes halogenated alkanes) is 10. The topological polar surface area (TPSA) is 37.3 Å². The zero-order valence-corrected chi connectivity index (χ0v) is 12.7. The van der Waals surface area contributed by atoms with Crippen LogP contribution in [0.15, 0.2) is 12.2 Å². The second-order valence-electron chi connectivity index (χ2n) is 5.37. The van der Waals surface area contributed by atoms with Crippen LogP contribution in [0.5, 0.6) is 0 Å². The van der Waals surface area contributed by atoms with Crippen molar-refractivity contribution in [3.05, 3.63) is 12.2 Å². The molecule has 0 saturated heterocycles. The molecule has 0 spiro atoms. The van der Waals surface area contributed by atoms with Crippen LogP contribution in [0.25, 0.3) is 0 Å². The zero-order chi connectivity index (χ0) is 14.2. The highest BCUT2D eigenvalue weighted by Crippen LogP contribution is 2.09. The second-order valence-corrected chi connectivity index (χ2v) is 5.37. The Balaban J connectivity index is 3.06. The maximum atomic E-state index is 10.3. The van der Waals surface area contributed by atoms with Gasteiger partial charge in [-0.1, -0.05) is 64.0 Å². The van der Waals surface area contributed by atoms with Crippen LogP contribution in [0.3, 0.4) is 0 Å². The molecule has 0 atom stereocenters. The maximum absolute atomic E-state index is 10.3. The molecule has 0 aromatic carbocycles. The van der Waals surface area contributed by atoms with Crippen LogP contribution in [-0.2, 0) is 4.79 Å². The summed E-state index contributed by atoms with van der Waals surface area (Å²) in [5, 5.41) is 8.50. The fourth-order valence-electron chi connectivity index (χ4n) is 2.17. The Hall–Kier alpha value is -0.790. The Morgan fingerprint density at radius 2 is 1.26 bits per heavy atom. The van der Waals surface area contributed by atoms with Crippen LogP contribution < -0.4 is 0 Å². The minimum atomic E-state index is -0.665. The van der Waals surface area contributed by atoms with Crippen molar-refractivity contribution in [3.8, 4) is 0 Å². The molecule has 0 radical (unpaired) electrons. The van der Waals surface area contributed by atoms with Gasteiger partial charge >= 0.3 is 5.97 Å². The van der Waals surface area contributed by atoms with Gasteiger partial charge in [-0.3, -0.25) is 4.79 Å². The van der Waals surface area contributed by atoms with Crippen molar-refractivity contribution >= 4 is 5.97 Å². The van der Waals surface area contributed by atoms with Gasteiger partial charge < -0.3 is 5.11 Å². The van der Waals surface area contributed by atoms with Crippen molar-refractivity contribution < 1.29 is 9.90 Å². The Morgan fingerprint density at radius 1 is 0.789 bits per heavy atom. The van der Waals surface area contributed by atoms with Gasteiger partial charge in [-0.15, -0.1) is 0 Å². The van der Waals surface area contributed by atoms with E-state index >= 15 is 0 Å². The third kappa shape index (κ3) is 17.2. The molecule has 2 nitrogen and oxygen atoms in total. The van der Waals surface area contributed by atoms with Gasteiger partial charge in [-0.2, -0.15) is 0 Å². The van der Waals surface area contributed by atoms with E-state index in [9.17, 15) is 4.79 Å². The standard InChI is InChI=1S/C17H32O2/c1-2-3-4-5-6-7-8-9-10-11-12-13-14-15-16-17(18)19/h8-9H,2-7,10-16H2,1H3,(H,18,19). The molecule has 19 heavy (non-hydrogen) atoms. The Bertz CT molecular complexity index is 221. The second kappa shape index (κ2) is 15.3. The van der Waals surface area contributed by atoms with Crippen molar-refractivity contribution in [1.82, 2.24) is 0 Å². The lowest BCUT2D eigenvalue weighted by molar-refractivity contribution is -0.137. The zero-order valence-electron chi connectivity index (χ0n) is 12.7. The smallest absolute Gasteiger partial charge is 0.303 e. The molecule has 0 aliphatic carbocycles. The minimum absolute atomic E-state index is 0.331. The molecule has 0 heterocycles. The van der Waals surface area contributed by atoms with E-state index in [2.05, 4.69) is 19.1 Å². The van der Waals surface area contributed by atoms with Gasteiger partial charge in [0.1, 0.15) is 0 Å². The van der Waals surface area contributed by atoms with Gasteiger partial charge in [0.25, 0.3) is 0 Å². The summed E-state index contributed by atoms with van der Waals surface area (Å²) >= 11 is 0. The van der Waals surface area contributed by atoms with Crippen LogP contribution in [0.1, 0.15) is 90.4 Å². The fraction of sp³-hybridized carbons (Fsp3) is 0.824. The third-order valence-electron chi connectivity index (χ3n) is 3.40. The van der Waals surface area contributed by atoms with Gasteiger partial charge in [0.15, 0.2) is 0 Å². The monoisotopic (exact) mass is 268 g/mol. The summed E-state index contributed by atoms with van der Waals surface area (Å²) < 4.78 is 0. The molecule has 0 bridgehead atoms. The molecule has 0 rings (SSSR count). The van der Waals surface area contributed by atoms with Crippen LogP contribution >= 0.6 is 0 Å². The number of allylic oxidation sites excluding steroid dienone is 2. The van der Waals surface area contributed by atoms with E-state index in [-0.39, 0.29) is 0 Å². The number of carboxylic acids is 1. The first-order chi connectivity index (χ1) is 9.27. The van der Waals surface area contributed by atoms with Crippen molar-refractivity contribution in [2.24, 2.45) is 0 Å². The van der Waals surface area contributed by atoms with Crippen molar-refractivity contribution in [2.75, 3.05) is 0 Å². The van der Waals surface area contributed by atoms with E-state index in [4.69, 9.17) is 5.11 Å². The number of carbonyl (C=O) groups is 1. The van der Waals surface area contributed by atoms with Gasteiger partial charge in [0, 0.05) is 6.42 Å². The highest BCUT2D eigenvalue weighted by molar-refractivity contribution is 5.66. The van der Waals surface area contributed by atoms with E-state index in [0.29, 0.717) is 6.42 Å². The van der Waals surface area contributed by atoms with Gasteiger partial charge in [0.2, 0.25) is 0 Å². The number of hydrogen-bond acceptors (Lipinski definition) is 1. The Morgan fingerprint density at radius 3 is 1.79 bits per heavy atom. The maximum Gasteiger partial charge on any atom is 0.303 e. The fourth-order valence-corrected chi connectivity index (χ4v) is 2.17.